The number of carbonyl (C=O) groups excluding carboxylic acids is 2. The quantitative estimate of drug-likeness (QED) is 0.862. The van der Waals surface area contributed by atoms with Crippen LogP contribution in [0.2, 0.25) is 0 Å². The van der Waals surface area contributed by atoms with E-state index in [0.717, 1.165) is 6.42 Å². The fraction of sp³-hybridized carbons (Fsp3) is 0.300. The molecule has 0 saturated carbocycles. The van der Waals surface area contributed by atoms with Crippen LogP contribution in [0.5, 0.6) is 0 Å². The summed E-state index contributed by atoms with van der Waals surface area (Å²) in [7, 11) is 0. The predicted molar refractivity (Wildman–Crippen MR) is 96.3 cm³/mol. The van der Waals surface area contributed by atoms with Crippen molar-refractivity contribution < 1.29 is 18.7 Å². The number of rotatable bonds is 5. The maximum absolute atomic E-state index is 13.3. The zero-order chi connectivity index (χ0) is 18.5. The van der Waals surface area contributed by atoms with E-state index in [1.807, 2.05) is 0 Å². The standard InChI is InChI=1S/C20H21FN2O3/c1-13(14-5-2-7-16(21)11-14)22-19(24)15-6-3-8-17(12-15)23-20(25)18-9-4-10-26-18/h2-3,5-8,11-13,18H,4,9-10H2,1H3,(H,22,24)(H,23,25)/t13-,18+/m1/s1. The highest BCUT2D eigenvalue weighted by Gasteiger charge is 2.23. The van der Waals surface area contributed by atoms with Crippen LogP contribution in [0.4, 0.5) is 10.1 Å². The van der Waals surface area contributed by atoms with Crippen molar-refractivity contribution in [3.8, 4) is 0 Å². The molecule has 0 radical (unpaired) electrons. The molecule has 2 aromatic rings. The Hall–Kier alpha value is -2.73. The van der Waals surface area contributed by atoms with Crippen LogP contribution in [0.25, 0.3) is 0 Å². The lowest BCUT2D eigenvalue weighted by Gasteiger charge is -2.15. The minimum absolute atomic E-state index is 0.201. The Morgan fingerprint density at radius 1 is 1.19 bits per heavy atom. The van der Waals surface area contributed by atoms with E-state index in [2.05, 4.69) is 10.6 Å². The molecule has 1 fully saturated rings. The van der Waals surface area contributed by atoms with Crippen molar-refractivity contribution in [1.82, 2.24) is 5.32 Å². The first kappa shape index (κ1) is 18.1. The minimum atomic E-state index is -0.430. The van der Waals surface area contributed by atoms with E-state index in [9.17, 15) is 14.0 Å². The lowest BCUT2D eigenvalue weighted by Crippen LogP contribution is -2.28. The first-order valence-corrected chi connectivity index (χ1v) is 8.62. The van der Waals surface area contributed by atoms with E-state index >= 15 is 0 Å². The van der Waals surface area contributed by atoms with E-state index < -0.39 is 6.10 Å². The first-order valence-electron chi connectivity index (χ1n) is 8.62. The third-order valence-corrected chi connectivity index (χ3v) is 4.31. The van der Waals surface area contributed by atoms with Gasteiger partial charge in [0.05, 0.1) is 6.04 Å². The van der Waals surface area contributed by atoms with Crippen LogP contribution in [-0.2, 0) is 9.53 Å². The molecule has 0 unspecified atom stereocenters. The van der Waals surface area contributed by atoms with E-state index in [4.69, 9.17) is 4.74 Å². The molecule has 2 amide bonds. The minimum Gasteiger partial charge on any atom is -0.368 e. The Labute approximate surface area is 151 Å². The summed E-state index contributed by atoms with van der Waals surface area (Å²) in [6.07, 6.45) is 1.15. The average molecular weight is 356 g/mol. The second-order valence-corrected chi connectivity index (χ2v) is 6.32. The highest BCUT2D eigenvalue weighted by atomic mass is 19.1. The Balaban J connectivity index is 1.65. The maximum Gasteiger partial charge on any atom is 0.253 e. The van der Waals surface area contributed by atoms with Gasteiger partial charge < -0.3 is 15.4 Å². The largest absolute Gasteiger partial charge is 0.368 e. The monoisotopic (exact) mass is 356 g/mol. The Bertz CT molecular complexity index is 803. The van der Waals surface area contributed by atoms with Crippen LogP contribution in [0.3, 0.4) is 0 Å². The zero-order valence-corrected chi connectivity index (χ0v) is 14.5. The molecule has 0 spiro atoms. The van der Waals surface area contributed by atoms with E-state index in [1.165, 1.54) is 12.1 Å². The van der Waals surface area contributed by atoms with Gasteiger partial charge in [-0.25, -0.2) is 4.39 Å². The average Bonchev–Trinajstić information content (AvgIpc) is 3.16. The topological polar surface area (TPSA) is 67.4 Å². The number of carbonyl (C=O) groups is 2. The molecule has 2 aromatic carbocycles. The van der Waals surface area contributed by atoms with E-state index in [1.54, 1.807) is 43.3 Å². The lowest BCUT2D eigenvalue weighted by atomic mass is 10.1. The molecular weight excluding hydrogens is 335 g/mol. The van der Waals surface area contributed by atoms with Gasteiger partial charge in [-0.1, -0.05) is 18.2 Å². The molecule has 6 heteroatoms. The van der Waals surface area contributed by atoms with Crippen LogP contribution in [0, 0.1) is 5.82 Å². The molecule has 0 aliphatic carbocycles. The van der Waals surface area contributed by atoms with E-state index in [-0.39, 0.29) is 23.7 Å². The van der Waals surface area contributed by atoms with Crippen molar-refractivity contribution in [2.75, 3.05) is 11.9 Å². The number of hydrogen-bond donors (Lipinski definition) is 2. The summed E-state index contributed by atoms with van der Waals surface area (Å²) in [5.41, 5.74) is 1.64. The van der Waals surface area contributed by atoms with Gasteiger partial charge in [0.25, 0.3) is 11.8 Å². The fourth-order valence-corrected chi connectivity index (χ4v) is 2.88. The Kier molecular flexibility index (Phi) is 5.63. The van der Waals surface area contributed by atoms with Gasteiger partial charge in [0.15, 0.2) is 0 Å². The molecule has 1 saturated heterocycles. The van der Waals surface area contributed by atoms with Crippen molar-refractivity contribution in [1.29, 1.82) is 0 Å². The van der Waals surface area contributed by atoms with Gasteiger partial charge in [0.2, 0.25) is 0 Å². The predicted octanol–water partition coefficient (Wildman–Crippen LogP) is 3.43. The summed E-state index contributed by atoms with van der Waals surface area (Å²) in [5.74, 6) is -0.842. The van der Waals surface area contributed by atoms with Crippen LogP contribution < -0.4 is 10.6 Å². The van der Waals surface area contributed by atoms with Gasteiger partial charge in [0.1, 0.15) is 11.9 Å². The van der Waals surface area contributed by atoms with Crippen LogP contribution in [0.15, 0.2) is 48.5 Å². The summed E-state index contributed by atoms with van der Waals surface area (Å²) < 4.78 is 18.7. The van der Waals surface area contributed by atoms with Crippen molar-refractivity contribution in [2.24, 2.45) is 0 Å². The number of benzene rings is 2. The lowest BCUT2D eigenvalue weighted by molar-refractivity contribution is -0.124. The van der Waals surface area contributed by atoms with Crippen molar-refractivity contribution in [2.45, 2.75) is 31.9 Å². The highest BCUT2D eigenvalue weighted by molar-refractivity contribution is 5.98. The smallest absolute Gasteiger partial charge is 0.253 e. The van der Waals surface area contributed by atoms with Crippen LogP contribution in [-0.4, -0.2) is 24.5 Å². The number of amides is 2. The molecule has 2 atom stereocenters. The van der Waals surface area contributed by atoms with Crippen LogP contribution in [0.1, 0.15) is 41.7 Å². The van der Waals surface area contributed by atoms with E-state index in [0.29, 0.717) is 29.8 Å². The third kappa shape index (κ3) is 4.46. The molecule has 0 aromatic heterocycles. The molecule has 26 heavy (non-hydrogen) atoms. The molecule has 3 rings (SSSR count). The van der Waals surface area contributed by atoms with Gasteiger partial charge in [-0.05, 0) is 55.7 Å². The molecule has 1 aliphatic rings. The fourth-order valence-electron chi connectivity index (χ4n) is 2.88. The maximum atomic E-state index is 13.3. The second kappa shape index (κ2) is 8.10. The summed E-state index contributed by atoms with van der Waals surface area (Å²) >= 11 is 0. The SMILES string of the molecule is C[C@@H](NC(=O)c1cccc(NC(=O)[C@@H]2CCCO2)c1)c1cccc(F)c1. The first-order chi connectivity index (χ1) is 12.5. The Morgan fingerprint density at radius 3 is 2.73 bits per heavy atom. The number of ether oxygens (including phenoxy) is 1. The number of nitrogens with one attached hydrogen (secondary N) is 2. The molecule has 2 N–H and O–H groups in total. The molecule has 1 aliphatic heterocycles. The highest BCUT2D eigenvalue weighted by Crippen LogP contribution is 2.18. The van der Waals surface area contributed by atoms with Gasteiger partial charge in [0, 0.05) is 17.9 Å². The van der Waals surface area contributed by atoms with Crippen LogP contribution >= 0.6 is 0 Å². The molecule has 0 bridgehead atoms. The third-order valence-electron chi connectivity index (χ3n) is 4.31. The van der Waals surface area contributed by atoms with Crippen molar-refractivity contribution >= 4 is 17.5 Å². The number of anilines is 1. The molecule has 136 valence electrons. The molecular formula is C20H21FN2O3. The number of halogens is 1. The van der Waals surface area contributed by atoms with Gasteiger partial charge in [-0.2, -0.15) is 0 Å². The van der Waals surface area contributed by atoms with Crippen molar-refractivity contribution in [3.05, 3.63) is 65.5 Å². The summed E-state index contributed by atoms with van der Waals surface area (Å²) in [4.78, 5) is 24.6. The second-order valence-electron chi connectivity index (χ2n) is 6.32. The van der Waals surface area contributed by atoms with Gasteiger partial charge in [-0.3, -0.25) is 9.59 Å². The summed E-state index contributed by atoms with van der Waals surface area (Å²) in [6, 6.07) is 12.5. The Morgan fingerprint density at radius 2 is 2.00 bits per heavy atom. The molecule has 5 nitrogen and oxygen atoms in total. The zero-order valence-electron chi connectivity index (χ0n) is 14.5. The summed E-state index contributed by atoms with van der Waals surface area (Å²) in [5, 5.41) is 5.61. The molecule has 1 heterocycles. The van der Waals surface area contributed by atoms with Gasteiger partial charge >= 0.3 is 0 Å². The summed E-state index contributed by atoms with van der Waals surface area (Å²) in [6.45, 7) is 2.38. The normalized spacial score (nSPS) is 17.5. The van der Waals surface area contributed by atoms with Crippen molar-refractivity contribution in [3.63, 3.8) is 0 Å². The van der Waals surface area contributed by atoms with Gasteiger partial charge in [-0.15, -0.1) is 0 Å². The number of hydrogen-bond acceptors (Lipinski definition) is 3.